The first-order chi connectivity index (χ1) is 12.7. The molecule has 1 N–H and O–H groups in total. The summed E-state index contributed by atoms with van der Waals surface area (Å²) in [7, 11) is 0. The predicted octanol–water partition coefficient (Wildman–Crippen LogP) is 3.47. The van der Waals surface area contributed by atoms with Crippen LogP contribution in [-0.2, 0) is 12.1 Å². The van der Waals surface area contributed by atoms with Gasteiger partial charge in [0.25, 0.3) is 0 Å². The SMILES string of the molecule is OC1(c2ccc3c(c2)OCCO3)CC2CCC(C1)N2Cc1ccccc1. The van der Waals surface area contributed by atoms with Gasteiger partial charge in [-0.2, -0.15) is 0 Å². The van der Waals surface area contributed by atoms with E-state index in [1.54, 1.807) is 0 Å². The molecule has 26 heavy (non-hydrogen) atoms. The van der Waals surface area contributed by atoms with Crippen molar-refractivity contribution < 1.29 is 14.6 Å². The van der Waals surface area contributed by atoms with Crippen molar-refractivity contribution in [2.45, 2.75) is 49.9 Å². The second kappa shape index (κ2) is 6.29. The van der Waals surface area contributed by atoms with Gasteiger partial charge in [-0.3, -0.25) is 4.90 Å². The molecule has 4 nitrogen and oxygen atoms in total. The minimum atomic E-state index is -0.769. The van der Waals surface area contributed by atoms with E-state index in [9.17, 15) is 5.11 Å². The maximum absolute atomic E-state index is 11.5. The molecular weight excluding hydrogens is 326 g/mol. The van der Waals surface area contributed by atoms with Crippen LogP contribution in [0.3, 0.4) is 0 Å². The normalized spacial score (nSPS) is 30.3. The van der Waals surface area contributed by atoms with E-state index in [0.717, 1.165) is 36.4 Å². The lowest BCUT2D eigenvalue weighted by molar-refractivity contribution is -0.0597. The summed E-state index contributed by atoms with van der Waals surface area (Å²) in [4.78, 5) is 2.60. The summed E-state index contributed by atoms with van der Waals surface area (Å²) in [6.45, 7) is 2.15. The molecule has 2 unspecified atom stereocenters. The number of aliphatic hydroxyl groups is 1. The summed E-state index contributed by atoms with van der Waals surface area (Å²) >= 11 is 0. The van der Waals surface area contributed by atoms with Gasteiger partial charge in [-0.15, -0.1) is 0 Å². The fourth-order valence-electron chi connectivity index (χ4n) is 4.94. The van der Waals surface area contributed by atoms with Crippen LogP contribution in [0.15, 0.2) is 48.5 Å². The van der Waals surface area contributed by atoms with Crippen LogP contribution >= 0.6 is 0 Å². The molecule has 0 aromatic heterocycles. The Morgan fingerprint density at radius 3 is 2.35 bits per heavy atom. The number of nitrogens with zero attached hydrogens (tertiary/aromatic N) is 1. The topological polar surface area (TPSA) is 41.9 Å². The van der Waals surface area contributed by atoms with Crippen LogP contribution in [0.4, 0.5) is 0 Å². The average Bonchev–Trinajstić information content (AvgIpc) is 2.92. The number of fused-ring (bicyclic) bond motifs is 3. The molecule has 2 aromatic rings. The van der Waals surface area contributed by atoms with E-state index in [4.69, 9.17) is 9.47 Å². The van der Waals surface area contributed by atoms with Gasteiger partial charge in [0.15, 0.2) is 11.5 Å². The Kier molecular flexibility index (Phi) is 3.91. The van der Waals surface area contributed by atoms with E-state index in [0.29, 0.717) is 25.3 Å². The maximum atomic E-state index is 11.5. The molecule has 3 heterocycles. The molecule has 2 fully saturated rings. The Morgan fingerprint density at radius 1 is 0.923 bits per heavy atom. The minimum absolute atomic E-state index is 0.437. The van der Waals surface area contributed by atoms with Crippen molar-refractivity contribution >= 4 is 0 Å². The van der Waals surface area contributed by atoms with Crippen LogP contribution in [0.25, 0.3) is 0 Å². The van der Waals surface area contributed by atoms with Gasteiger partial charge >= 0.3 is 0 Å². The van der Waals surface area contributed by atoms with Gasteiger partial charge < -0.3 is 14.6 Å². The third kappa shape index (κ3) is 2.78. The van der Waals surface area contributed by atoms with Crippen LogP contribution in [0, 0.1) is 0 Å². The first-order valence-electron chi connectivity index (χ1n) is 9.63. The summed E-state index contributed by atoms with van der Waals surface area (Å²) in [6.07, 6.45) is 3.92. The molecule has 0 saturated carbocycles. The molecule has 0 spiro atoms. The fraction of sp³-hybridized carbons (Fsp3) is 0.455. The van der Waals surface area contributed by atoms with Crippen molar-refractivity contribution in [2.75, 3.05) is 13.2 Å². The van der Waals surface area contributed by atoms with E-state index in [1.165, 1.54) is 18.4 Å². The molecule has 0 aliphatic carbocycles. The summed E-state index contributed by atoms with van der Waals surface area (Å²) < 4.78 is 11.3. The van der Waals surface area contributed by atoms with E-state index in [1.807, 2.05) is 18.2 Å². The quantitative estimate of drug-likeness (QED) is 0.919. The number of ether oxygens (including phenoxy) is 2. The molecule has 2 aromatic carbocycles. The third-order valence-corrected chi connectivity index (χ3v) is 6.21. The molecule has 2 saturated heterocycles. The number of benzene rings is 2. The van der Waals surface area contributed by atoms with Crippen molar-refractivity contribution in [3.8, 4) is 11.5 Å². The van der Waals surface area contributed by atoms with Crippen molar-refractivity contribution in [3.05, 3.63) is 59.7 Å². The second-order valence-electron chi connectivity index (χ2n) is 7.84. The van der Waals surface area contributed by atoms with Gasteiger partial charge in [-0.25, -0.2) is 0 Å². The highest BCUT2D eigenvalue weighted by Crippen LogP contribution is 2.47. The predicted molar refractivity (Wildman–Crippen MR) is 99.4 cm³/mol. The van der Waals surface area contributed by atoms with Crippen molar-refractivity contribution in [1.82, 2.24) is 4.90 Å². The van der Waals surface area contributed by atoms with Gasteiger partial charge in [0.05, 0.1) is 5.60 Å². The number of rotatable bonds is 3. The summed E-state index contributed by atoms with van der Waals surface area (Å²) in [6, 6.07) is 17.5. The van der Waals surface area contributed by atoms with Crippen LogP contribution in [-0.4, -0.2) is 35.3 Å². The zero-order valence-corrected chi connectivity index (χ0v) is 14.9. The Balaban J connectivity index is 1.38. The molecule has 0 amide bonds. The third-order valence-electron chi connectivity index (χ3n) is 6.21. The minimum Gasteiger partial charge on any atom is -0.486 e. The number of piperidine rings is 1. The first kappa shape index (κ1) is 16.2. The summed E-state index contributed by atoms with van der Waals surface area (Å²) in [5, 5.41) is 11.5. The highest BCUT2D eigenvalue weighted by atomic mass is 16.6. The monoisotopic (exact) mass is 351 g/mol. The lowest BCUT2D eigenvalue weighted by atomic mass is 9.80. The Hall–Kier alpha value is -2.04. The standard InChI is InChI=1S/C22H25NO3/c24-22(17-6-9-20-21(12-17)26-11-10-25-20)13-18-7-8-19(14-22)23(18)15-16-4-2-1-3-5-16/h1-6,9,12,18-19,24H,7-8,10-11,13-15H2. The highest BCUT2D eigenvalue weighted by Gasteiger charge is 2.48. The lowest BCUT2D eigenvalue weighted by Gasteiger charge is -2.44. The van der Waals surface area contributed by atoms with Crippen molar-refractivity contribution in [1.29, 1.82) is 0 Å². The number of hydrogen-bond donors (Lipinski definition) is 1. The average molecular weight is 351 g/mol. The van der Waals surface area contributed by atoms with E-state index < -0.39 is 5.60 Å². The van der Waals surface area contributed by atoms with Crippen LogP contribution < -0.4 is 9.47 Å². The Labute approximate surface area is 154 Å². The Bertz CT molecular complexity index is 777. The largest absolute Gasteiger partial charge is 0.486 e. The zero-order chi connectivity index (χ0) is 17.6. The molecular formula is C22H25NO3. The molecule has 3 aliphatic rings. The maximum Gasteiger partial charge on any atom is 0.161 e. The fourth-order valence-corrected chi connectivity index (χ4v) is 4.94. The van der Waals surface area contributed by atoms with Gasteiger partial charge in [-0.1, -0.05) is 36.4 Å². The number of hydrogen-bond acceptors (Lipinski definition) is 4. The van der Waals surface area contributed by atoms with Crippen molar-refractivity contribution in [3.63, 3.8) is 0 Å². The molecule has 5 rings (SSSR count). The van der Waals surface area contributed by atoms with E-state index >= 15 is 0 Å². The zero-order valence-electron chi connectivity index (χ0n) is 14.9. The lowest BCUT2D eigenvalue weighted by Crippen LogP contribution is -2.49. The Morgan fingerprint density at radius 2 is 1.62 bits per heavy atom. The van der Waals surface area contributed by atoms with Gasteiger partial charge in [0, 0.05) is 18.6 Å². The van der Waals surface area contributed by atoms with Gasteiger partial charge in [-0.05, 0) is 48.9 Å². The smallest absolute Gasteiger partial charge is 0.161 e. The molecule has 0 radical (unpaired) electrons. The summed E-state index contributed by atoms with van der Waals surface area (Å²) in [5.41, 5.74) is 1.56. The first-order valence-corrected chi connectivity index (χ1v) is 9.63. The molecule has 2 atom stereocenters. The van der Waals surface area contributed by atoms with E-state index in [-0.39, 0.29) is 0 Å². The van der Waals surface area contributed by atoms with Gasteiger partial charge in [0.1, 0.15) is 13.2 Å². The van der Waals surface area contributed by atoms with Crippen LogP contribution in [0.2, 0.25) is 0 Å². The van der Waals surface area contributed by atoms with Crippen LogP contribution in [0.1, 0.15) is 36.8 Å². The van der Waals surface area contributed by atoms with Gasteiger partial charge in [0.2, 0.25) is 0 Å². The highest BCUT2D eigenvalue weighted by molar-refractivity contribution is 5.45. The molecule has 3 aliphatic heterocycles. The molecule has 136 valence electrons. The van der Waals surface area contributed by atoms with Crippen LogP contribution in [0.5, 0.6) is 11.5 Å². The van der Waals surface area contributed by atoms with E-state index in [2.05, 4.69) is 35.2 Å². The summed E-state index contributed by atoms with van der Waals surface area (Å²) in [5.74, 6) is 1.55. The second-order valence-corrected chi connectivity index (χ2v) is 7.84. The van der Waals surface area contributed by atoms with Crippen molar-refractivity contribution in [2.24, 2.45) is 0 Å². The molecule has 2 bridgehead atoms. The molecule has 4 heteroatoms.